The Morgan fingerprint density at radius 3 is 3.08 bits per heavy atom. The molecule has 0 atom stereocenters. The van der Waals surface area contributed by atoms with Gasteiger partial charge in [0.05, 0.1) is 10.9 Å². The van der Waals surface area contributed by atoms with Crippen molar-refractivity contribution in [2.75, 3.05) is 0 Å². The lowest BCUT2D eigenvalue weighted by molar-refractivity contribution is 1.41. The molecule has 0 unspecified atom stereocenters. The number of fused-ring (bicyclic) bond motifs is 3. The summed E-state index contributed by atoms with van der Waals surface area (Å²) in [4.78, 5) is 3.00. The predicted molar refractivity (Wildman–Crippen MR) is 52.5 cm³/mol. The van der Waals surface area contributed by atoms with Gasteiger partial charge in [0.25, 0.3) is 0 Å². The van der Waals surface area contributed by atoms with E-state index in [2.05, 4.69) is 35.4 Å². The Morgan fingerprint density at radius 2 is 2.08 bits per heavy atom. The Bertz CT molecular complexity index is 532. The van der Waals surface area contributed by atoms with Crippen LogP contribution in [-0.2, 0) is 0 Å². The second kappa shape index (κ2) is 2.11. The fraction of sp³-hybridized carbons (Fsp3) is 0. The molecule has 0 saturated heterocycles. The second-order valence-corrected chi connectivity index (χ2v) is 3.83. The molecular weight excluding hydrogens is 166 g/mol. The molecule has 0 aliphatic rings. The zero-order chi connectivity index (χ0) is 7.97. The van der Waals surface area contributed by atoms with Crippen LogP contribution >= 0.6 is 11.3 Å². The molecule has 2 heterocycles. The summed E-state index contributed by atoms with van der Waals surface area (Å²) in [5.41, 5.74) is 0. The van der Waals surface area contributed by atoms with Crippen LogP contribution in [0.2, 0.25) is 0 Å². The smallest absolute Gasteiger partial charge is 0.0721 e. The molecule has 2 heteroatoms. The predicted octanol–water partition coefficient (Wildman–Crippen LogP) is 3.18. The summed E-state index contributed by atoms with van der Waals surface area (Å²) in [7, 11) is 0. The molecule has 3 aromatic rings. The van der Waals surface area contributed by atoms with Crippen molar-refractivity contribution in [1.29, 1.82) is 0 Å². The van der Waals surface area contributed by atoms with Crippen molar-refractivity contribution < 1.29 is 0 Å². The van der Waals surface area contributed by atoms with E-state index < -0.39 is 0 Å². The average Bonchev–Trinajstić information content (AvgIpc) is 2.62. The van der Waals surface area contributed by atoms with Gasteiger partial charge in [-0.1, -0.05) is 18.2 Å². The molecule has 1 radical (unpaired) electrons. The van der Waals surface area contributed by atoms with Crippen LogP contribution < -0.4 is 0 Å². The summed E-state index contributed by atoms with van der Waals surface area (Å²) >= 11 is 1.81. The summed E-state index contributed by atoms with van der Waals surface area (Å²) in [6, 6.07) is 8.42. The molecule has 0 aliphatic carbocycles. The lowest BCUT2D eigenvalue weighted by Gasteiger charge is -1.84. The quantitative estimate of drug-likeness (QED) is 0.536. The molecule has 0 amide bonds. The van der Waals surface area contributed by atoms with Gasteiger partial charge in [-0.15, -0.1) is 11.3 Å². The first-order valence-corrected chi connectivity index (χ1v) is 4.63. The molecule has 12 heavy (non-hydrogen) atoms. The van der Waals surface area contributed by atoms with Gasteiger partial charge in [0, 0.05) is 21.7 Å². The first-order chi connectivity index (χ1) is 5.95. The Hall–Kier alpha value is -1.28. The average molecular weight is 172 g/mol. The molecule has 3 rings (SSSR count). The maximum atomic E-state index is 3.13. The molecule has 0 bridgehead atoms. The van der Waals surface area contributed by atoms with Gasteiger partial charge < -0.3 is 4.98 Å². The topological polar surface area (TPSA) is 15.8 Å². The highest BCUT2D eigenvalue weighted by Gasteiger charge is 2.03. The first kappa shape index (κ1) is 6.26. The van der Waals surface area contributed by atoms with E-state index in [4.69, 9.17) is 0 Å². The van der Waals surface area contributed by atoms with Crippen LogP contribution in [0, 0.1) is 6.20 Å². The van der Waals surface area contributed by atoms with Crippen LogP contribution in [-0.4, -0.2) is 4.98 Å². The lowest BCUT2D eigenvalue weighted by Crippen LogP contribution is -1.60. The minimum Gasteiger partial charge on any atom is -0.358 e. The van der Waals surface area contributed by atoms with E-state index >= 15 is 0 Å². The van der Waals surface area contributed by atoms with Gasteiger partial charge in [-0.3, -0.25) is 0 Å². The van der Waals surface area contributed by atoms with Crippen molar-refractivity contribution in [1.82, 2.24) is 4.98 Å². The molecule has 0 aliphatic heterocycles. The molecule has 0 spiro atoms. The Morgan fingerprint density at radius 1 is 1.17 bits per heavy atom. The Balaban J connectivity index is 2.68. The SMILES string of the molecule is [c]1[nH]cc2sc3ccccc3c12. The van der Waals surface area contributed by atoms with Gasteiger partial charge in [0.2, 0.25) is 0 Å². The number of thiophene rings is 1. The van der Waals surface area contributed by atoms with Gasteiger partial charge in [0.15, 0.2) is 0 Å². The lowest BCUT2D eigenvalue weighted by atomic mass is 10.2. The van der Waals surface area contributed by atoms with E-state index in [9.17, 15) is 0 Å². The molecule has 57 valence electrons. The Kier molecular flexibility index (Phi) is 1.10. The van der Waals surface area contributed by atoms with Gasteiger partial charge in [-0.25, -0.2) is 0 Å². The number of aromatic amines is 1. The largest absolute Gasteiger partial charge is 0.358 e. The summed E-state index contributed by atoms with van der Waals surface area (Å²) in [5.74, 6) is 0. The van der Waals surface area contributed by atoms with Crippen LogP contribution in [0.4, 0.5) is 0 Å². The van der Waals surface area contributed by atoms with Gasteiger partial charge in [-0.05, 0) is 6.07 Å². The highest BCUT2D eigenvalue weighted by atomic mass is 32.1. The monoisotopic (exact) mass is 172 g/mol. The summed E-state index contributed by atoms with van der Waals surface area (Å²) < 4.78 is 2.63. The first-order valence-electron chi connectivity index (χ1n) is 3.81. The summed E-state index contributed by atoms with van der Waals surface area (Å²) in [6.45, 7) is 0. The van der Waals surface area contributed by atoms with Crippen molar-refractivity contribution in [3.63, 3.8) is 0 Å². The molecule has 1 aromatic carbocycles. The zero-order valence-corrected chi connectivity index (χ0v) is 7.11. The maximum absolute atomic E-state index is 3.13. The third-order valence-electron chi connectivity index (χ3n) is 2.02. The minimum atomic E-state index is 1.22. The summed E-state index contributed by atoms with van der Waals surface area (Å²) in [5, 5.41) is 2.52. The molecule has 2 aromatic heterocycles. The fourth-order valence-corrected chi connectivity index (χ4v) is 2.51. The number of H-pyrrole nitrogens is 1. The van der Waals surface area contributed by atoms with Crippen molar-refractivity contribution >= 4 is 31.5 Å². The standard InChI is InChI=1S/C10H6NS/c1-2-4-9-7(3-1)8-5-11-6-10(8)12-9/h1-4,6,11H. The van der Waals surface area contributed by atoms with E-state index in [0.29, 0.717) is 0 Å². The molecular formula is C10H6NS. The van der Waals surface area contributed by atoms with E-state index in [1.165, 1.54) is 20.2 Å². The highest BCUT2D eigenvalue weighted by Crippen LogP contribution is 2.32. The minimum absolute atomic E-state index is 1.22. The van der Waals surface area contributed by atoms with Crippen LogP contribution in [0.25, 0.3) is 20.2 Å². The normalized spacial score (nSPS) is 11.3. The van der Waals surface area contributed by atoms with Crippen molar-refractivity contribution in [3.8, 4) is 0 Å². The van der Waals surface area contributed by atoms with E-state index in [1.807, 2.05) is 6.20 Å². The van der Waals surface area contributed by atoms with Crippen LogP contribution in [0.3, 0.4) is 0 Å². The van der Waals surface area contributed by atoms with Gasteiger partial charge in [-0.2, -0.15) is 0 Å². The van der Waals surface area contributed by atoms with Gasteiger partial charge >= 0.3 is 0 Å². The van der Waals surface area contributed by atoms with E-state index in [0.717, 1.165) is 0 Å². The second-order valence-electron chi connectivity index (χ2n) is 2.75. The molecule has 0 saturated carbocycles. The van der Waals surface area contributed by atoms with E-state index in [1.54, 1.807) is 11.3 Å². The number of aromatic nitrogens is 1. The maximum Gasteiger partial charge on any atom is 0.0721 e. The van der Waals surface area contributed by atoms with Crippen LogP contribution in [0.1, 0.15) is 0 Å². The third kappa shape index (κ3) is 0.676. The number of hydrogen-bond acceptors (Lipinski definition) is 1. The fourth-order valence-electron chi connectivity index (χ4n) is 1.47. The highest BCUT2D eigenvalue weighted by molar-refractivity contribution is 7.25. The molecule has 0 fully saturated rings. The summed E-state index contributed by atoms with van der Waals surface area (Å²) in [6.07, 6.45) is 5.13. The van der Waals surface area contributed by atoms with E-state index in [-0.39, 0.29) is 0 Å². The van der Waals surface area contributed by atoms with Crippen LogP contribution in [0.15, 0.2) is 30.5 Å². The molecule has 1 nitrogen and oxygen atoms in total. The van der Waals surface area contributed by atoms with Crippen molar-refractivity contribution in [2.45, 2.75) is 0 Å². The number of hydrogen-bond donors (Lipinski definition) is 1. The number of rotatable bonds is 0. The van der Waals surface area contributed by atoms with Crippen molar-refractivity contribution in [3.05, 3.63) is 36.7 Å². The van der Waals surface area contributed by atoms with Crippen LogP contribution in [0.5, 0.6) is 0 Å². The number of nitrogens with one attached hydrogen (secondary N) is 1. The molecule has 1 N–H and O–H groups in total. The number of benzene rings is 1. The van der Waals surface area contributed by atoms with Gasteiger partial charge in [0.1, 0.15) is 0 Å². The third-order valence-corrected chi connectivity index (χ3v) is 3.14. The zero-order valence-electron chi connectivity index (χ0n) is 6.29. The Labute approximate surface area is 73.6 Å². The van der Waals surface area contributed by atoms with Crippen molar-refractivity contribution in [2.24, 2.45) is 0 Å².